The molecule has 2 aliphatic carbocycles. The summed E-state index contributed by atoms with van der Waals surface area (Å²) in [5.41, 5.74) is 0.401. The van der Waals surface area contributed by atoms with Gasteiger partial charge >= 0.3 is 0 Å². The Kier molecular flexibility index (Phi) is 2.84. The zero-order valence-corrected chi connectivity index (χ0v) is 12.7. The molecule has 0 aromatic carbocycles. The number of rotatable bonds is 3. The molecule has 0 unspecified atom stereocenters. The van der Waals surface area contributed by atoms with Crippen molar-refractivity contribution in [3.05, 3.63) is 15.9 Å². The van der Waals surface area contributed by atoms with E-state index in [0.29, 0.717) is 9.89 Å². The molecule has 1 N–H and O–H groups in total. The summed E-state index contributed by atoms with van der Waals surface area (Å²) < 4.78 is 26.9. The third-order valence-corrected chi connectivity index (χ3v) is 7.28. The van der Waals surface area contributed by atoms with Gasteiger partial charge in [-0.3, -0.25) is 4.79 Å². The Labute approximate surface area is 118 Å². The molecule has 7 heteroatoms. The topological polar surface area (TPSA) is 63.2 Å². The first-order chi connectivity index (χ1) is 8.40. The van der Waals surface area contributed by atoms with Gasteiger partial charge in [0.2, 0.25) is 5.91 Å². The van der Waals surface area contributed by atoms with Crippen LogP contribution in [0.5, 0.6) is 0 Å². The normalized spacial score (nSPS) is 21.6. The quantitative estimate of drug-likeness (QED) is 0.911. The van der Waals surface area contributed by atoms with Crippen molar-refractivity contribution in [1.82, 2.24) is 4.72 Å². The number of carbonyl (C=O) groups is 1. The molecule has 1 spiro atoms. The monoisotopic (exact) mass is 349 g/mol. The zero-order chi connectivity index (χ0) is 13.0. The average Bonchev–Trinajstić information content (AvgIpc) is 2.91. The maximum absolute atomic E-state index is 11.9. The minimum absolute atomic E-state index is 0.120. The number of nitrogens with one attached hydrogen (secondary N) is 1. The van der Waals surface area contributed by atoms with E-state index in [1.165, 1.54) is 18.9 Å². The van der Waals surface area contributed by atoms with Crippen LogP contribution in [0.2, 0.25) is 0 Å². The molecule has 0 saturated heterocycles. The SMILES string of the molecule is O=C(NS(=O)(=O)c1cc(Br)cs1)C1CC2(CC2)C1. The first-order valence-electron chi connectivity index (χ1n) is 5.71. The van der Waals surface area contributed by atoms with Gasteiger partial charge in [0.1, 0.15) is 4.21 Å². The van der Waals surface area contributed by atoms with E-state index in [9.17, 15) is 13.2 Å². The second-order valence-corrected chi connectivity index (χ2v) is 8.90. The molecule has 0 aliphatic heterocycles. The summed E-state index contributed by atoms with van der Waals surface area (Å²) in [7, 11) is -3.69. The van der Waals surface area contributed by atoms with Gasteiger partial charge in [-0.2, -0.15) is 0 Å². The van der Waals surface area contributed by atoms with Crippen molar-refractivity contribution in [3.63, 3.8) is 0 Å². The summed E-state index contributed by atoms with van der Waals surface area (Å²) in [5.74, 6) is -0.470. The molecule has 4 nitrogen and oxygen atoms in total. The van der Waals surface area contributed by atoms with Crippen molar-refractivity contribution in [2.45, 2.75) is 29.9 Å². The van der Waals surface area contributed by atoms with Crippen LogP contribution in [0.4, 0.5) is 0 Å². The summed E-state index contributed by atoms with van der Waals surface area (Å²) in [4.78, 5) is 11.8. The summed E-state index contributed by atoms with van der Waals surface area (Å²) in [5, 5.41) is 1.68. The van der Waals surface area contributed by atoms with Crippen LogP contribution in [-0.2, 0) is 14.8 Å². The van der Waals surface area contributed by atoms with E-state index in [2.05, 4.69) is 20.7 Å². The molecule has 98 valence electrons. The number of sulfonamides is 1. The zero-order valence-electron chi connectivity index (χ0n) is 9.48. The van der Waals surface area contributed by atoms with Gasteiger partial charge in [-0.1, -0.05) is 0 Å². The minimum atomic E-state index is -3.69. The highest BCUT2D eigenvalue weighted by Crippen LogP contribution is 2.63. The number of hydrogen-bond donors (Lipinski definition) is 1. The van der Waals surface area contributed by atoms with Crippen molar-refractivity contribution in [2.24, 2.45) is 11.3 Å². The van der Waals surface area contributed by atoms with Crippen molar-refractivity contribution >= 4 is 43.2 Å². The number of thiophene rings is 1. The van der Waals surface area contributed by atoms with Crippen molar-refractivity contribution in [2.75, 3.05) is 0 Å². The molecule has 0 bridgehead atoms. The molecule has 2 aliphatic rings. The van der Waals surface area contributed by atoms with E-state index >= 15 is 0 Å². The van der Waals surface area contributed by atoms with Crippen LogP contribution in [0.15, 0.2) is 20.1 Å². The van der Waals surface area contributed by atoms with E-state index < -0.39 is 10.0 Å². The second-order valence-electron chi connectivity index (χ2n) is 5.16. The fourth-order valence-corrected chi connectivity index (χ4v) is 5.35. The maximum atomic E-state index is 11.9. The molecule has 2 saturated carbocycles. The van der Waals surface area contributed by atoms with Gasteiger partial charge < -0.3 is 0 Å². The van der Waals surface area contributed by atoms with Gasteiger partial charge in [-0.05, 0) is 53.1 Å². The Morgan fingerprint density at radius 3 is 2.61 bits per heavy atom. The molecule has 18 heavy (non-hydrogen) atoms. The highest BCUT2D eigenvalue weighted by molar-refractivity contribution is 9.10. The summed E-state index contributed by atoms with van der Waals surface area (Å²) in [6.45, 7) is 0. The molecular formula is C11H12BrNO3S2. The highest BCUT2D eigenvalue weighted by atomic mass is 79.9. The Morgan fingerprint density at radius 1 is 1.44 bits per heavy atom. The lowest BCUT2D eigenvalue weighted by Gasteiger charge is -2.34. The maximum Gasteiger partial charge on any atom is 0.273 e. The molecular weight excluding hydrogens is 338 g/mol. The standard InChI is InChI=1S/C11H12BrNO3S2/c12-8-3-9(17-6-8)18(15,16)13-10(14)7-4-11(5-7)1-2-11/h3,6-7H,1-2,4-5H2,(H,13,14). The van der Waals surface area contributed by atoms with Crippen LogP contribution in [0, 0.1) is 11.3 Å². The lowest BCUT2D eigenvalue weighted by atomic mass is 9.71. The predicted octanol–water partition coefficient (Wildman–Crippen LogP) is 2.51. The van der Waals surface area contributed by atoms with E-state index in [4.69, 9.17) is 0 Å². The van der Waals surface area contributed by atoms with Gasteiger partial charge in [-0.25, -0.2) is 13.1 Å². The van der Waals surface area contributed by atoms with Crippen molar-refractivity contribution in [1.29, 1.82) is 0 Å². The van der Waals surface area contributed by atoms with E-state index in [-0.39, 0.29) is 16.0 Å². The second kappa shape index (κ2) is 4.05. The fourth-order valence-electron chi connectivity index (χ4n) is 2.46. The van der Waals surface area contributed by atoms with Crippen LogP contribution >= 0.6 is 27.3 Å². The summed E-state index contributed by atoms with van der Waals surface area (Å²) >= 11 is 4.30. The van der Waals surface area contributed by atoms with Gasteiger partial charge in [0.15, 0.2) is 0 Å². The number of carbonyl (C=O) groups excluding carboxylic acids is 1. The average molecular weight is 350 g/mol. The van der Waals surface area contributed by atoms with Crippen molar-refractivity contribution < 1.29 is 13.2 Å². The molecule has 1 aromatic rings. The number of halogens is 1. The van der Waals surface area contributed by atoms with Crippen LogP contribution in [0.25, 0.3) is 0 Å². The highest BCUT2D eigenvalue weighted by Gasteiger charge is 2.55. The molecule has 1 heterocycles. The lowest BCUT2D eigenvalue weighted by Crippen LogP contribution is -2.42. The minimum Gasteiger partial charge on any atom is -0.274 e. The Morgan fingerprint density at radius 2 is 2.11 bits per heavy atom. The van der Waals surface area contributed by atoms with Crippen LogP contribution in [0.1, 0.15) is 25.7 Å². The molecule has 1 amide bonds. The van der Waals surface area contributed by atoms with E-state index in [0.717, 1.165) is 24.2 Å². The first kappa shape index (κ1) is 12.6. The summed E-state index contributed by atoms with van der Waals surface area (Å²) in [6.07, 6.45) is 4.09. The Hall–Kier alpha value is -0.400. The Bertz CT molecular complexity index is 596. The largest absolute Gasteiger partial charge is 0.274 e. The van der Waals surface area contributed by atoms with Crippen molar-refractivity contribution in [3.8, 4) is 0 Å². The van der Waals surface area contributed by atoms with Gasteiger partial charge in [0, 0.05) is 15.8 Å². The third kappa shape index (κ3) is 2.23. The number of hydrogen-bond acceptors (Lipinski definition) is 4. The Balaban J connectivity index is 1.66. The van der Waals surface area contributed by atoms with Crippen LogP contribution in [-0.4, -0.2) is 14.3 Å². The summed E-state index contributed by atoms with van der Waals surface area (Å²) in [6, 6.07) is 1.50. The molecule has 2 fully saturated rings. The molecule has 3 rings (SSSR count). The first-order valence-corrected chi connectivity index (χ1v) is 8.87. The van der Waals surface area contributed by atoms with E-state index in [1.54, 1.807) is 5.38 Å². The number of amides is 1. The van der Waals surface area contributed by atoms with Crippen LogP contribution in [0.3, 0.4) is 0 Å². The van der Waals surface area contributed by atoms with Gasteiger partial charge in [0.05, 0.1) is 0 Å². The molecule has 1 aromatic heterocycles. The lowest BCUT2D eigenvalue weighted by molar-refractivity contribution is -0.127. The molecule has 0 radical (unpaired) electrons. The third-order valence-electron chi connectivity index (χ3n) is 3.73. The van der Waals surface area contributed by atoms with E-state index in [1.807, 2.05) is 0 Å². The smallest absolute Gasteiger partial charge is 0.273 e. The van der Waals surface area contributed by atoms with Gasteiger partial charge in [0.25, 0.3) is 10.0 Å². The van der Waals surface area contributed by atoms with Gasteiger partial charge in [-0.15, -0.1) is 11.3 Å². The predicted molar refractivity (Wildman–Crippen MR) is 71.7 cm³/mol. The van der Waals surface area contributed by atoms with Crippen LogP contribution < -0.4 is 4.72 Å². The fraction of sp³-hybridized carbons (Fsp3) is 0.545. The molecule has 0 atom stereocenters.